The van der Waals surface area contributed by atoms with Gasteiger partial charge in [0.15, 0.2) is 5.82 Å². The Morgan fingerprint density at radius 3 is 2.76 bits per heavy atom. The Morgan fingerprint density at radius 2 is 2.14 bits per heavy atom. The quantitative estimate of drug-likeness (QED) is 0.881. The molecule has 0 aliphatic rings. The summed E-state index contributed by atoms with van der Waals surface area (Å²) in [5.41, 5.74) is 2.29. The fourth-order valence-electron chi connectivity index (χ4n) is 2.37. The van der Waals surface area contributed by atoms with Crippen LogP contribution < -0.4 is 0 Å². The van der Waals surface area contributed by atoms with Crippen LogP contribution in [0.15, 0.2) is 24.3 Å². The van der Waals surface area contributed by atoms with E-state index in [9.17, 15) is 4.79 Å². The number of carbonyl (C=O) groups is 1. The zero-order chi connectivity index (χ0) is 15.4. The molecule has 1 N–H and O–H groups in total. The van der Waals surface area contributed by atoms with E-state index >= 15 is 0 Å². The molecule has 1 atom stereocenters. The Bertz CT molecular complexity index is 622. The van der Waals surface area contributed by atoms with Gasteiger partial charge in [-0.25, -0.2) is 4.68 Å². The Labute approximate surface area is 123 Å². The highest BCUT2D eigenvalue weighted by Gasteiger charge is 2.23. The highest BCUT2D eigenvalue weighted by atomic mass is 16.4. The third-order valence-corrected chi connectivity index (χ3v) is 3.47. The number of hydrogen-bond donors (Lipinski definition) is 1. The van der Waals surface area contributed by atoms with Gasteiger partial charge in [-0.2, -0.15) is 0 Å². The van der Waals surface area contributed by atoms with Crippen LogP contribution in [0.1, 0.15) is 43.3 Å². The lowest BCUT2D eigenvalue weighted by atomic mass is 10.0. The van der Waals surface area contributed by atoms with Crippen molar-refractivity contribution < 1.29 is 9.90 Å². The van der Waals surface area contributed by atoms with Gasteiger partial charge in [0.2, 0.25) is 0 Å². The molecule has 0 saturated carbocycles. The standard InChI is InChI=1S/C15H20N4O2/c1-10(2)13(9-15(20)21)19-14(16-17-18-19)8-12-6-4-5-11(3)7-12/h4-7,10,13H,8-9H2,1-3H3,(H,20,21). The SMILES string of the molecule is Cc1cccc(Cc2nnnn2C(CC(=O)O)C(C)C)c1. The molecule has 2 rings (SSSR count). The van der Waals surface area contributed by atoms with Crippen LogP contribution in [0.5, 0.6) is 0 Å². The monoisotopic (exact) mass is 288 g/mol. The number of nitrogens with zero attached hydrogens (tertiary/aromatic N) is 4. The number of carboxylic acids is 1. The third-order valence-electron chi connectivity index (χ3n) is 3.47. The van der Waals surface area contributed by atoms with Crippen molar-refractivity contribution in [2.75, 3.05) is 0 Å². The van der Waals surface area contributed by atoms with Crippen molar-refractivity contribution in [3.8, 4) is 0 Å². The Morgan fingerprint density at radius 1 is 1.38 bits per heavy atom. The number of carboxylic acid groups (broad SMARTS) is 1. The lowest BCUT2D eigenvalue weighted by molar-refractivity contribution is -0.138. The molecule has 0 saturated heterocycles. The van der Waals surface area contributed by atoms with Crippen LogP contribution in [-0.4, -0.2) is 31.3 Å². The second kappa shape index (κ2) is 6.47. The Kier molecular flexibility index (Phi) is 4.67. The normalized spacial score (nSPS) is 12.6. The number of tetrazole rings is 1. The Balaban J connectivity index is 2.26. The predicted octanol–water partition coefficient (Wildman–Crippen LogP) is 2.24. The fourth-order valence-corrected chi connectivity index (χ4v) is 2.37. The molecule has 0 spiro atoms. The molecule has 1 unspecified atom stereocenters. The minimum Gasteiger partial charge on any atom is -0.481 e. The van der Waals surface area contributed by atoms with E-state index in [1.54, 1.807) is 4.68 Å². The van der Waals surface area contributed by atoms with Crippen LogP contribution in [0.3, 0.4) is 0 Å². The van der Waals surface area contributed by atoms with Crippen molar-refractivity contribution in [3.05, 3.63) is 41.2 Å². The molecule has 1 aromatic carbocycles. The zero-order valence-corrected chi connectivity index (χ0v) is 12.5. The van der Waals surface area contributed by atoms with Crippen LogP contribution >= 0.6 is 0 Å². The minimum atomic E-state index is -0.842. The highest BCUT2D eigenvalue weighted by molar-refractivity contribution is 5.67. The van der Waals surface area contributed by atoms with Gasteiger partial charge in [-0.05, 0) is 28.8 Å². The lowest BCUT2D eigenvalue weighted by Crippen LogP contribution is -2.22. The van der Waals surface area contributed by atoms with Crippen molar-refractivity contribution >= 4 is 5.97 Å². The van der Waals surface area contributed by atoms with E-state index in [0.29, 0.717) is 12.2 Å². The molecule has 0 amide bonds. The molecule has 1 aromatic heterocycles. The summed E-state index contributed by atoms with van der Waals surface area (Å²) in [7, 11) is 0. The van der Waals surface area contributed by atoms with E-state index in [1.165, 1.54) is 5.56 Å². The van der Waals surface area contributed by atoms with Crippen LogP contribution in [-0.2, 0) is 11.2 Å². The third kappa shape index (κ3) is 3.87. The smallest absolute Gasteiger partial charge is 0.305 e. The molecule has 6 heteroatoms. The molecule has 2 aromatic rings. The maximum absolute atomic E-state index is 11.0. The first-order chi connectivity index (χ1) is 9.97. The summed E-state index contributed by atoms with van der Waals surface area (Å²) in [6, 6.07) is 7.90. The molecule has 112 valence electrons. The van der Waals surface area contributed by atoms with E-state index < -0.39 is 5.97 Å². The van der Waals surface area contributed by atoms with Crippen LogP contribution in [0, 0.1) is 12.8 Å². The molecule has 6 nitrogen and oxygen atoms in total. The highest BCUT2D eigenvalue weighted by Crippen LogP contribution is 2.22. The number of benzene rings is 1. The van der Waals surface area contributed by atoms with E-state index in [2.05, 4.69) is 21.6 Å². The number of hydrogen-bond acceptors (Lipinski definition) is 4. The molecule has 1 heterocycles. The van der Waals surface area contributed by atoms with E-state index in [-0.39, 0.29) is 18.4 Å². The topological polar surface area (TPSA) is 80.9 Å². The van der Waals surface area contributed by atoms with Crippen LogP contribution in [0.2, 0.25) is 0 Å². The maximum atomic E-state index is 11.0. The molecule has 0 fully saturated rings. The summed E-state index contributed by atoms with van der Waals surface area (Å²) >= 11 is 0. The first kappa shape index (κ1) is 15.2. The van der Waals surface area contributed by atoms with Crippen LogP contribution in [0.25, 0.3) is 0 Å². The van der Waals surface area contributed by atoms with Crippen molar-refractivity contribution in [2.24, 2.45) is 5.92 Å². The van der Waals surface area contributed by atoms with Gasteiger partial charge < -0.3 is 5.11 Å². The molecule has 0 bridgehead atoms. The van der Waals surface area contributed by atoms with Gasteiger partial charge in [-0.3, -0.25) is 4.79 Å². The summed E-state index contributed by atoms with van der Waals surface area (Å²) in [5.74, 6) is -0.00730. The second-order valence-corrected chi connectivity index (χ2v) is 5.61. The number of aliphatic carboxylic acids is 1. The average molecular weight is 288 g/mol. The van der Waals surface area contributed by atoms with E-state index in [0.717, 1.165) is 5.56 Å². The molecular formula is C15H20N4O2. The summed E-state index contributed by atoms with van der Waals surface area (Å²) in [6.45, 7) is 5.99. The van der Waals surface area contributed by atoms with E-state index in [4.69, 9.17) is 5.11 Å². The minimum absolute atomic E-state index is 0.0174. The summed E-state index contributed by atoms with van der Waals surface area (Å²) in [5, 5.41) is 20.9. The summed E-state index contributed by atoms with van der Waals surface area (Å²) < 4.78 is 1.65. The largest absolute Gasteiger partial charge is 0.481 e. The van der Waals surface area contributed by atoms with Gasteiger partial charge in [0, 0.05) is 6.42 Å². The van der Waals surface area contributed by atoms with Crippen molar-refractivity contribution in [1.29, 1.82) is 0 Å². The number of rotatable bonds is 6. The Hall–Kier alpha value is -2.24. The lowest BCUT2D eigenvalue weighted by Gasteiger charge is -2.20. The first-order valence-electron chi connectivity index (χ1n) is 7.01. The molecule has 0 aliphatic carbocycles. The van der Waals surface area contributed by atoms with Gasteiger partial charge in [0.1, 0.15) is 0 Å². The van der Waals surface area contributed by atoms with Gasteiger partial charge in [-0.1, -0.05) is 43.7 Å². The molecular weight excluding hydrogens is 268 g/mol. The predicted molar refractivity (Wildman–Crippen MR) is 77.9 cm³/mol. The second-order valence-electron chi connectivity index (χ2n) is 5.61. The van der Waals surface area contributed by atoms with Crippen LogP contribution in [0.4, 0.5) is 0 Å². The van der Waals surface area contributed by atoms with Crippen molar-refractivity contribution in [1.82, 2.24) is 20.2 Å². The molecule has 0 radical (unpaired) electrons. The molecule has 0 aliphatic heterocycles. The summed E-state index contributed by atoms with van der Waals surface area (Å²) in [6.07, 6.45) is 0.612. The summed E-state index contributed by atoms with van der Waals surface area (Å²) in [4.78, 5) is 11.0. The van der Waals surface area contributed by atoms with Crippen molar-refractivity contribution in [2.45, 2.75) is 39.7 Å². The van der Waals surface area contributed by atoms with E-state index in [1.807, 2.05) is 39.0 Å². The van der Waals surface area contributed by atoms with Crippen molar-refractivity contribution in [3.63, 3.8) is 0 Å². The first-order valence-corrected chi connectivity index (χ1v) is 7.01. The number of aryl methyl sites for hydroxylation is 1. The van der Waals surface area contributed by atoms with Gasteiger partial charge in [0.25, 0.3) is 0 Å². The maximum Gasteiger partial charge on any atom is 0.305 e. The number of aromatic nitrogens is 4. The molecule has 21 heavy (non-hydrogen) atoms. The van der Waals surface area contributed by atoms with Gasteiger partial charge >= 0.3 is 5.97 Å². The van der Waals surface area contributed by atoms with Gasteiger partial charge in [-0.15, -0.1) is 5.10 Å². The van der Waals surface area contributed by atoms with Gasteiger partial charge in [0.05, 0.1) is 12.5 Å². The average Bonchev–Trinajstić information content (AvgIpc) is 2.83. The zero-order valence-electron chi connectivity index (χ0n) is 12.5. The fraction of sp³-hybridized carbons (Fsp3) is 0.467.